The number of fused-ring (bicyclic) bond motifs is 1. The van der Waals surface area contributed by atoms with Gasteiger partial charge in [0.15, 0.2) is 0 Å². The summed E-state index contributed by atoms with van der Waals surface area (Å²) in [5.74, 6) is 0. The molecule has 0 amide bonds. The van der Waals surface area contributed by atoms with E-state index in [-0.39, 0.29) is 7.43 Å². The molecule has 1 aromatic carbocycles. The standard InChI is InChI=1S/C15H18.CH4/c1-4-6-14-11(2)9-10-13-8-5-7-12(3)15(13)14;/h4,6,9-10H,3,5,7-8H2,1-2H3;1H4/b6-4-;. The summed E-state index contributed by atoms with van der Waals surface area (Å²) in [5, 5.41) is 0. The number of rotatable bonds is 1. The van der Waals surface area contributed by atoms with Crippen LogP contribution in [0.1, 0.15) is 49.4 Å². The minimum atomic E-state index is 0. The molecule has 0 heteroatoms. The Morgan fingerprint density at radius 3 is 2.69 bits per heavy atom. The van der Waals surface area contributed by atoms with Crippen molar-refractivity contribution in [3.63, 3.8) is 0 Å². The average molecular weight is 214 g/mol. The van der Waals surface area contributed by atoms with Gasteiger partial charge in [-0.05, 0) is 60.9 Å². The Morgan fingerprint density at radius 2 is 2.00 bits per heavy atom. The summed E-state index contributed by atoms with van der Waals surface area (Å²) >= 11 is 0. The summed E-state index contributed by atoms with van der Waals surface area (Å²) in [5.41, 5.74) is 6.94. The van der Waals surface area contributed by atoms with E-state index in [1.54, 1.807) is 0 Å². The number of hydrogen-bond donors (Lipinski definition) is 0. The van der Waals surface area contributed by atoms with E-state index < -0.39 is 0 Å². The average Bonchev–Trinajstić information content (AvgIpc) is 2.23. The van der Waals surface area contributed by atoms with Gasteiger partial charge in [0.1, 0.15) is 0 Å². The molecule has 1 aliphatic rings. The third-order valence-corrected chi connectivity index (χ3v) is 3.16. The van der Waals surface area contributed by atoms with Gasteiger partial charge >= 0.3 is 0 Å². The van der Waals surface area contributed by atoms with Gasteiger partial charge in [0.25, 0.3) is 0 Å². The lowest BCUT2D eigenvalue weighted by atomic mass is 9.83. The van der Waals surface area contributed by atoms with Crippen molar-refractivity contribution in [3.05, 3.63) is 47.0 Å². The maximum absolute atomic E-state index is 4.21. The molecule has 0 aliphatic heterocycles. The van der Waals surface area contributed by atoms with Gasteiger partial charge in [0.2, 0.25) is 0 Å². The number of benzene rings is 1. The molecule has 0 atom stereocenters. The molecule has 0 unspecified atom stereocenters. The van der Waals surface area contributed by atoms with Crippen LogP contribution in [0.5, 0.6) is 0 Å². The van der Waals surface area contributed by atoms with E-state index in [1.165, 1.54) is 40.7 Å². The Kier molecular flexibility index (Phi) is 4.12. The van der Waals surface area contributed by atoms with E-state index in [4.69, 9.17) is 0 Å². The summed E-state index contributed by atoms with van der Waals surface area (Å²) in [6.45, 7) is 8.46. The lowest BCUT2D eigenvalue weighted by Crippen LogP contribution is -2.04. The van der Waals surface area contributed by atoms with E-state index in [2.05, 4.69) is 44.7 Å². The van der Waals surface area contributed by atoms with Crippen LogP contribution in [0.25, 0.3) is 11.6 Å². The van der Waals surface area contributed by atoms with Crippen molar-refractivity contribution in [2.24, 2.45) is 0 Å². The summed E-state index contributed by atoms with van der Waals surface area (Å²) < 4.78 is 0. The number of hydrogen-bond acceptors (Lipinski definition) is 0. The third kappa shape index (κ3) is 2.11. The highest BCUT2D eigenvalue weighted by Crippen LogP contribution is 2.34. The summed E-state index contributed by atoms with van der Waals surface area (Å²) in [6, 6.07) is 4.49. The largest absolute Gasteiger partial charge is 0.0952 e. The molecule has 2 rings (SSSR count). The maximum Gasteiger partial charge on any atom is -0.0123 e. The van der Waals surface area contributed by atoms with Crippen molar-refractivity contribution in [1.82, 2.24) is 0 Å². The van der Waals surface area contributed by atoms with E-state index in [0.29, 0.717) is 0 Å². The van der Waals surface area contributed by atoms with Crippen molar-refractivity contribution < 1.29 is 0 Å². The minimum absolute atomic E-state index is 0. The molecule has 0 saturated heterocycles. The second-order valence-electron chi connectivity index (χ2n) is 4.29. The van der Waals surface area contributed by atoms with Crippen LogP contribution in [-0.2, 0) is 6.42 Å². The Bertz CT molecular complexity index is 422. The van der Waals surface area contributed by atoms with Crippen molar-refractivity contribution in [1.29, 1.82) is 0 Å². The zero-order chi connectivity index (χ0) is 10.8. The summed E-state index contributed by atoms with van der Waals surface area (Å²) in [7, 11) is 0. The van der Waals surface area contributed by atoms with Gasteiger partial charge in [-0.15, -0.1) is 0 Å². The van der Waals surface area contributed by atoms with Crippen molar-refractivity contribution in [2.45, 2.75) is 40.5 Å². The summed E-state index contributed by atoms with van der Waals surface area (Å²) in [6.07, 6.45) is 7.94. The fraction of sp³-hybridized carbons (Fsp3) is 0.375. The molecule has 0 nitrogen and oxygen atoms in total. The van der Waals surface area contributed by atoms with Crippen LogP contribution < -0.4 is 0 Å². The molecule has 0 heterocycles. The highest BCUT2D eigenvalue weighted by molar-refractivity contribution is 5.78. The Balaban J connectivity index is 0.00000128. The molecule has 1 aromatic rings. The second-order valence-corrected chi connectivity index (χ2v) is 4.29. The van der Waals surface area contributed by atoms with E-state index >= 15 is 0 Å². The summed E-state index contributed by atoms with van der Waals surface area (Å²) in [4.78, 5) is 0. The predicted octanol–water partition coefficient (Wildman–Crippen LogP) is 5.01. The van der Waals surface area contributed by atoms with Gasteiger partial charge in [-0.25, -0.2) is 0 Å². The zero-order valence-corrected chi connectivity index (χ0v) is 9.64. The van der Waals surface area contributed by atoms with Crippen LogP contribution >= 0.6 is 0 Å². The van der Waals surface area contributed by atoms with Crippen LogP contribution in [0.4, 0.5) is 0 Å². The molecule has 0 N–H and O–H groups in total. The van der Waals surface area contributed by atoms with Crippen LogP contribution in [0.15, 0.2) is 24.8 Å². The first-order valence-electron chi connectivity index (χ1n) is 5.67. The van der Waals surface area contributed by atoms with E-state index in [1.807, 2.05) is 0 Å². The first-order valence-corrected chi connectivity index (χ1v) is 5.67. The predicted molar refractivity (Wildman–Crippen MR) is 74.6 cm³/mol. The maximum atomic E-state index is 4.21. The smallest absolute Gasteiger partial charge is 0.0123 e. The fourth-order valence-electron chi connectivity index (χ4n) is 2.39. The van der Waals surface area contributed by atoms with E-state index in [0.717, 1.165) is 6.42 Å². The van der Waals surface area contributed by atoms with Crippen LogP contribution in [-0.4, -0.2) is 0 Å². The van der Waals surface area contributed by atoms with Gasteiger partial charge in [0, 0.05) is 0 Å². The SMILES string of the molecule is C.C=C1CCCc2ccc(C)c(/C=C\C)c21. The van der Waals surface area contributed by atoms with Gasteiger partial charge in [0.05, 0.1) is 0 Å². The monoisotopic (exact) mass is 214 g/mol. The molecule has 0 radical (unpaired) electrons. The van der Waals surface area contributed by atoms with Crippen LogP contribution in [0.2, 0.25) is 0 Å². The molecule has 16 heavy (non-hydrogen) atoms. The number of allylic oxidation sites excluding steroid dienone is 2. The normalized spacial score (nSPS) is 14.8. The Hall–Kier alpha value is -1.30. The second kappa shape index (κ2) is 5.16. The lowest BCUT2D eigenvalue weighted by molar-refractivity contribution is 0.822. The molecule has 0 fully saturated rings. The highest BCUT2D eigenvalue weighted by atomic mass is 14.2. The molecule has 0 aromatic heterocycles. The number of aryl methyl sites for hydroxylation is 2. The quantitative estimate of drug-likeness (QED) is 0.616. The molecular weight excluding hydrogens is 192 g/mol. The Morgan fingerprint density at radius 1 is 1.25 bits per heavy atom. The Labute approximate surface area is 99.7 Å². The molecule has 1 aliphatic carbocycles. The van der Waals surface area contributed by atoms with Crippen molar-refractivity contribution in [2.75, 3.05) is 0 Å². The third-order valence-electron chi connectivity index (χ3n) is 3.16. The van der Waals surface area contributed by atoms with E-state index in [9.17, 15) is 0 Å². The zero-order valence-electron chi connectivity index (χ0n) is 9.64. The van der Waals surface area contributed by atoms with Crippen LogP contribution in [0.3, 0.4) is 0 Å². The van der Waals surface area contributed by atoms with Crippen LogP contribution in [0, 0.1) is 6.92 Å². The first kappa shape index (κ1) is 12.8. The highest BCUT2D eigenvalue weighted by Gasteiger charge is 2.16. The lowest BCUT2D eigenvalue weighted by Gasteiger charge is -2.21. The van der Waals surface area contributed by atoms with Gasteiger partial charge in [-0.2, -0.15) is 0 Å². The van der Waals surface area contributed by atoms with Gasteiger partial charge in [-0.3, -0.25) is 0 Å². The van der Waals surface area contributed by atoms with Gasteiger partial charge in [-0.1, -0.05) is 38.3 Å². The van der Waals surface area contributed by atoms with Crippen molar-refractivity contribution >= 4 is 11.6 Å². The topological polar surface area (TPSA) is 0 Å². The first-order chi connectivity index (χ1) is 7.24. The van der Waals surface area contributed by atoms with Crippen molar-refractivity contribution in [3.8, 4) is 0 Å². The molecule has 86 valence electrons. The fourth-order valence-corrected chi connectivity index (χ4v) is 2.39. The molecule has 0 bridgehead atoms. The molecule has 0 saturated carbocycles. The van der Waals surface area contributed by atoms with Gasteiger partial charge < -0.3 is 0 Å². The molecular formula is C16H22. The minimum Gasteiger partial charge on any atom is -0.0952 e. The molecule has 0 spiro atoms.